The number of amides is 6. The SMILES string of the molecule is Cc1cccnc1CN1CCC2(CC1)C(=O)N(c1ccc(-c3ccccc3)cc1N1C(=O)N(c3ccc(O)nn3)C3(CCN(Cc4ncccc4C)CC3)C1=O)C(=O)N2c1ccc(O)nn1. The molecule has 8 heterocycles. The third-order valence-corrected chi connectivity index (χ3v) is 13.5. The fourth-order valence-electron chi connectivity index (χ4n) is 9.81. The Labute approximate surface area is 379 Å². The summed E-state index contributed by atoms with van der Waals surface area (Å²) in [6, 6.07) is 26.1. The molecule has 6 aromatic rings. The van der Waals surface area contributed by atoms with E-state index in [4.69, 9.17) is 0 Å². The van der Waals surface area contributed by atoms with Gasteiger partial charge in [0.15, 0.2) is 11.6 Å². The lowest BCUT2D eigenvalue weighted by Crippen LogP contribution is -2.57. The van der Waals surface area contributed by atoms with Crippen molar-refractivity contribution in [2.24, 2.45) is 0 Å². The van der Waals surface area contributed by atoms with E-state index in [1.54, 1.807) is 30.6 Å². The number of anilines is 4. The van der Waals surface area contributed by atoms with Crippen molar-refractivity contribution in [2.45, 2.75) is 63.7 Å². The van der Waals surface area contributed by atoms with Gasteiger partial charge in [0.2, 0.25) is 11.8 Å². The van der Waals surface area contributed by atoms with Crippen LogP contribution in [0.1, 0.15) is 48.2 Å². The zero-order chi connectivity index (χ0) is 45.7. The first-order valence-corrected chi connectivity index (χ1v) is 21.9. The standard InChI is InChI=1S/C48H46N12O6/c1-31-8-6-22-49-35(31)29-55-24-18-47(19-25-55)43(63)57(45(65)59(47)39-14-16-41(61)53-51-39)37-13-12-34(33-10-4-3-5-11-33)28-38(37)58-44(64)48(60(46(58)66)40-15-17-42(62)54-52-40)20-26-56(27-21-48)30-36-32(2)9-7-23-50-36/h3-17,22-23,28H,18-21,24-27,29-30H2,1-2H3,(H,53,61)(H,54,62). The van der Waals surface area contributed by atoms with E-state index >= 15 is 19.2 Å². The van der Waals surface area contributed by atoms with Gasteiger partial charge in [0.05, 0.1) is 22.8 Å². The van der Waals surface area contributed by atoms with E-state index in [2.05, 4.69) is 40.2 Å². The van der Waals surface area contributed by atoms with Crippen LogP contribution >= 0.6 is 0 Å². The number of urea groups is 2. The number of pyridine rings is 2. The van der Waals surface area contributed by atoms with Crippen molar-refractivity contribution >= 4 is 46.9 Å². The van der Waals surface area contributed by atoms with Gasteiger partial charge in [-0.25, -0.2) is 19.4 Å². The largest absolute Gasteiger partial charge is 0.492 e. The predicted molar refractivity (Wildman–Crippen MR) is 242 cm³/mol. The Balaban J connectivity index is 1.07. The summed E-state index contributed by atoms with van der Waals surface area (Å²) in [5, 5.41) is 36.3. The van der Waals surface area contributed by atoms with Gasteiger partial charge in [-0.3, -0.25) is 39.2 Å². The Morgan fingerprint density at radius 1 is 0.515 bits per heavy atom. The second kappa shape index (κ2) is 16.7. The molecule has 4 aliphatic rings. The molecule has 6 amide bonds. The second-order valence-corrected chi connectivity index (χ2v) is 17.2. The first-order valence-electron chi connectivity index (χ1n) is 21.9. The van der Waals surface area contributed by atoms with Crippen LogP contribution in [0.15, 0.2) is 109 Å². The topological polar surface area (TPSA) is 206 Å². The average Bonchev–Trinajstić information content (AvgIpc) is 3.67. The Morgan fingerprint density at radius 3 is 1.42 bits per heavy atom. The monoisotopic (exact) mass is 886 g/mol. The zero-order valence-electron chi connectivity index (χ0n) is 36.4. The number of hydrogen-bond acceptors (Lipinski definition) is 14. The number of piperidine rings is 2. The van der Waals surface area contributed by atoms with Gasteiger partial charge in [-0.05, 0) is 98.2 Å². The maximum atomic E-state index is 15.5. The van der Waals surface area contributed by atoms with E-state index < -0.39 is 35.0 Å². The molecule has 2 aromatic carbocycles. The van der Waals surface area contributed by atoms with Crippen LogP contribution in [-0.2, 0) is 22.7 Å². The van der Waals surface area contributed by atoms with Crippen LogP contribution in [0.4, 0.5) is 32.6 Å². The molecule has 4 fully saturated rings. The number of imide groups is 2. The maximum Gasteiger partial charge on any atom is 0.338 e. The first-order chi connectivity index (χ1) is 32.0. The van der Waals surface area contributed by atoms with Gasteiger partial charge in [-0.1, -0.05) is 48.5 Å². The van der Waals surface area contributed by atoms with Crippen LogP contribution in [0.3, 0.4) is 0 Å². The van der Waals surface area contributed by atoms with E-state index in [-0.39, 0.29) is 60.5 Å². The lowest BCUT2D eigenvalue weighted by molar-refractivity contribution is -0.124. The van der Waals surface area contributed by atoms with Gasteiger partial charge in [-0.15, -0.1) is 20.4 Å². The Bertz CT molecular complexity index is 2850. The molecule has 10 rings (SSSR count). The van der Waals surface area contributed by atoms with E-state index in [1.807, 2.05) is 68.4 Å². The first kappa shape index (κ1) is 42.3. The maximum absolute atomic E-state index is 15.5. The Hall–Kier alpha value is -7.70. The van der Waals surface area contributed by atoms with E-state index in [0.29, 0.717) is 44.8 Å². The van der Waals surface area contributed by atoms with Crippen molar-refractivity contribution in [3.05, 3.63) is 132 Å². The molecule has 2 N–H and O–H groups in total. The second-order valence-electron chi connectivity index (χ2n) is 17.2. The van der Waals surface area contributed by atoms with Crippen molar-refractivity contribution in [1.82, 2.24) is 40.2 Å². The molecular formula is C48H46N12O6. The number of nitrogens with zero attached hydrogens (tertiary/aromatic N) is 12. The summed E-state index contributed by atoms with van der Waals surface area (Å²) < 4.78 is 0. The molecule has 4 aromatic heterocycles. The lowest BCUT2D eigenvalue weighted by atomic mass is 9.85. The Kier molecular flexibility index (Phi) is 10.7. The molecule has 0 aliphatic carbocycles. The summed E-state index contributed by atoms with van der Waals surface area (Å²) in [4.78, 5) is 79.9. The van der Waals surface area contributed by atoms with Crippen LogP contribution in [0.25, 0.3) is 11.1 Å². The van der Waals surface area contributed by atoms with Crippen molar-refractivity contribution in [2.75, 3.05) is 45.8 Å². The highest BCUT2D eigenvalue weighted by Gasteiger charge is 2.63. The molecule has 0 bridgehead atoms. The van der Waals surface area contributed by atoms with Gasteiger partial charge in [0.1, 0.15) is 11.1 Å². The highest BCUT2D eigenvalue weighted by atomic mass is 16.3. The van der Waals surface area contributed by atoms with Gasteiger partial charge in [-0.2, -0.15) is 0 Å². The normalized spacial score (nSPS) is 18.6. The molecule has 0 radical (unpaired) electrons. The summed E-state index contributed by atoms with van der Waals surface area (Å²) in [5.41, 5.74) is 2.43. The molecular weight excluding hydrogens is 841 g/mol. The van der Waals surface area contributed by atoms with Gasteiger partial charge in [0.25, 0.3) is 11.8 Å². The minimum absolute atomic E-state index is 0.0170. The quantitative estimate of drug-likeness (QED) is 0.166. The van der Waals surface area contributed by atoms with Crippen molar-refractivity contribution in [3.8, 4) is 22.9 Å². The number of aromatic nitrogens is 6. The summed E-state index contributed by atoms with van der Waals surface area (Å²) in [7, 11) is 0. The number of benzene rings is 2. The molecule has 4 saturated heterocycles. The van der Waals surface area contributed by atoms with Crippen LogP contribution in [0.2, 0.25) is 0 Å². The number of aryl methyl sites for hydroxylation is 2. The molecule has 66 heavy (non-hydrogen) atoms. The molecule has 18 heteroatoms. The van der Waals surface area contributed by atoms with Crippen LogP contribution in [0, 0.1) is 13.8 Å². The highest BCUT2D eigenvalue weighted by molar-refractivity contribution is 6.35. The molecule has 0 unspecified atom stereocenters. The zero-order valence-corrected chi connectivity index (χ0v) is 36.4. The molecule has 334 valence electrons. The minimum atomic E-state index is -1.45. The predicted octanol–water partition coefficient (Wildman–Crippen LogP) is 5.77. The van der Waals surface area contributed by atoms with Gasteiger partial charge >= 0.3 is 12.1 Å². The molecule has 0 saturated carbocycles. The van der Waals surface area contributed by atoms with Crippen molar-refractivity contribution < 1.29 is 29.4 Å². The number of carbonyl (C=O) groups is 4. The fourth-order valence-corrected chi connectivity index (χ4v) is 9.81. The van der Waals surface area contributed by atoms with Crippen molar-refractivity contribution in [3.63, 3.8) is 0 Å². The molecule has 18 nitrogen and oxygen atoms in total. The number of carbonyl (C=O) groups excluding carboxylic acids is 4. The number of rotatable bonds is 9. The summed E-state index contributed by atoms with van der Waals surface area (Å²) in [6.45, 7) is 6.78. The third kappa shape index (κ3) is 7.14. The third-order valence-electron chi connectivity index (χ3n) is 13.5. The number of hydrogen-bond donors (Lipinski definition) is 2. The fraction of sp³-hybridized carbons (Fsp3) is 0.292. The van der Waals surface area contributed by atoms with E-state index in [1.165, 1.54) is 34.1 Å². The minimum Gasteiger partial charge on any atom is -0.492 e. The number of aromatic hydroxyl groups is 2. The van der Waals surface area contributed by atoms with Gasteiger partial charge in [0, 0.05) is 63.8 Å². The number of likely N-dealkylation sites (tertiary alicyclic amines) is 2. The molecule has 2 spiro atoms. The van der Waals surface area contributed by atoms with Crippen LogP contribution in [0.5, 0.6) is 11.8 Å². The molecule has 0 atom stereocenters. The van der Waals surface area contributed by atoms with Gasteiger partial charge < -0.3 is 10.2 Å². The Morgan fingerprint density at radius 2 is 0.985 bits per heavy atom. The molecule has 4 aliphatic heterocycles. The summed E-state index contributed by atoms with van der Waals surface area (Å²) in [6.07, 6.45) is 4.35. The van der Waals surface area contributed by atoms with Crippen LogP contribution < -0.4 is 19.6 Å². The van der Waals surface area contributed by atoms with E-state index in [9.17, 15) is 10.2 Å². The average molecular weight is 887 g/mol. The van der Waals surface area contributed by atoms with Crippen LogP contribution in [-0.4, -0.2) is 112 Å². The van der Waals surface area contributed by atoms with E-state index in [0.717, 1.165) is 37.9 Å². The summed E-state index contributed by atoms with van der Waals surface area (Å²) in [5.74, 6) is -1.72. The smallest absolute Gasteiger partial charge is 0.338 e. The summed E-state index contributed by atoms with van der Waals surface area (Å²) >= 11 is 0. The highest BCUT2D eigenvalue weighted by Crippen LogP contribution is 2.49. The lowest BCUT2D eigenvalue weighted by Gasteiger charge is -2.41. The van der Waals surface area contributed by atoms with Crippen molar-refractivity contribution in [1.29, 1.82) is 0 Å².